The lowest BCUT2D eigenvalue weighted by molar-refractivity contribution is -0.129. The van der Waals surface area contributed by atoms with E-state index in [0.29, 0.717) is 17.7 Å². The molecule has 0 radical (unpaired) electrons. The molecule has 1 unspecified atom stereocenters. The third-order valence-corrected chi connectivity index (χ3v) is 3.12. The normalized spacial score (nSPS) is 20.5. The van der Waals surface area contributed by atoms with Crippen LogP contribution in [0.2, 0.25) is 0 Å². The van der Waals surface area contributed by atoms with Gasteiger partial charge in [-0.3, -0.25) is 14.4 Å². The number of nitrogens with zero attached hydrogens (tertiary/aromatic N) is 1. The second-order valence-corrected chi connectivity index (χ2v) is 4.36. The maximum atomic E-state index is 12.0. The Labute approximate surface area is 96.6 Å². The number of fused-ring (bicyclic) bond motifs is 5. The Morgan fingerprint density at radius 1 is 1.41 bits per heavy atom. The zero-order valence-corrected chi connectivity index (χ0v) is 9.36. The molecular weight excluding hydrogens is 224 g/mol. The van der Waals surface area contributed by atoms with Crippen LogP contribution in [0.25, 0.3) is 0 Å². The van der Waals surface area contributed by atoms with E-state index in [4.69, 9.17) is 4.42 Å². The summed E-state index contributed by atoms with van der Waals surface area (Å²) < 4.78 is 5.31. The van der Waals surface area contributed by atoms with Crippen LogP contribution < -0.4 is 5.32 Å². The van der Waals surface area contributed by atoms with Crippen LogP contribution in [0.15, 0.2) is 4.42 Å². The molecule has 0 saturated carbocycles. The minimum Gasteiger partial charge on any atom is -0.455 e. The highest BCUT2D eigenvalue weighted by Crippen LogP contribution is 2.41. The number of amides is 2. The van der Waals surface area contributed by atoms with Gasteiger partial charge >= 0.3 is 0 Å². The molecule has 3 heterocycles. The maximum absolute atomic E-state index is 12.0. The van der Waals surface area contributed by atoms with Crippen LogP contribution in [0.4, 0.5) is 0 Å². The Kier molecular flexibility index (Phi) is 1.76. The minimum atomic E-state index is -0.970. The second-order valence-electron chi connectivity index (χ2n) is 4.36. The van der Waals surface area contributed by atoms with E-state index in [2.05, 4.69) is 5.32 Å². The average molecular weight is 234 g/mol. The number of Topliss-reactive ketones (excluding diaryl/α,β-unsaturated/α-hetero) is 1. The van der Waals surface area contributed by atoms with Gasteiger partial charge in [0.2, 0.25) is 11.7 Å². The van der Waals surface area contributed by atoms with Gasteiger partial charge in [-0.05, 0) is 0 Å². The Morgan fingerprint density at radius 2 is 2.12 bits per heavy atom. The van der Waals surface area contributed by atoms with Crippen LogP contribution in [-0.4, -0.2) is 36.6 Å². The van der Waals surface area contributed by atoms with E-state index in [1.165, 1.54) is 4.90 Å². The smallest absolute Gasteiger partial charge is 0.255 e. The zero-order valence-electron chi connectivity index (χ0n) is 9.36. The van der Waals surface area contributed by atoms with Gasteiger partial charge in [-0.2, -0.15) is 0 Å². The largest absolute Gasteiger partial charge is 0.455 e. The van der Waals surface area contributed by atoms with Crippen molar-refractivity contribution in [2.24, 2.45) is 0 Å². The predicted molar refractivity (Wildman–Crippen MR) is 55.6 cm³/mol. The molecule has 1 atom stereocenters. The van der Waals surface area contributed by atoms with E-state index in [9.17, 15) is 14.4 Å². The summed E-state index contributed by atoms with van der Waals surface area (Å²) in [6.45, 7) is 0.307. The number of carbonyl (C=O) groups excluding carboxylic acids is 3. The van der Waals surface area contributed by atoms with Crippen molar-refractivity contribution in [3.63, 3.8) is 0 Å². The van der Waals surface area contributed by atoms with Gasteiger partial charge in [-0.25, -0.2) is 0 Å². The summed E-state index contributed by atoms with van der Waals surface area (Å²) in [6.07, 6.45) is 0. The second kappa shape index (κ2) is 2.97. The fraction of sp³-hybridized carbons (Fsp3) is 0.364. The molecule has 0 saturated heterocycles. The predicted octanol–water partition coefficient (Wildman–Crippen LogP) is -0.109. The molecule has 3 rings (SSSR count). The SMILES string of the molecule is CN(C)C(=O)C1C(=O)c2oc1c1c2CNC1=O. The molecule has 0 aromatic carbocycles. The Hall–Kier alpha value is -2.11. The van der Waals surface area contributed by atoms with Crippen LogP contribution >= 0.6 is 0 Å². The standard InChI is InChI=1S/C11H10N2O4/c1-13(2)11(16)6-7(14)8-4-3-12-10(15)5(4)9(6)17-8/h6H,3H2,1-2H3,(H,12,15). The maximum Gasteiger partial charge on any atom is 0.255 e. The summed E-state index contributed by atoms with van der Waals surface area (Å²) in [5.74, 6) is -1.57. The number of rotatable bonds is 1. The number of hydrogen-bond acceptors (Lipinski definition) is 4. The summed E-state index contributed by atoms with van der Waals surface area (Å²) in [6, 6.07) is 0. The summed E-state index contributed by atoms with van der Waals surface area (Å²) in [4.78, 5) is 36.7. The number of ketones is 1. The minimum absolute atomic E-state index is 0.161. The topological polar surface area (TPSA) is 79.6 Å². The van der Waals surface area contributed by atoms with Gasteiger partial charge in [-0.1, -0.05) is 0 Å². The number of hydrogen-bond donors (Lipinski definition) is 1. The van der Waals surface area contributed by atoms with Crippen LogP contribution in [0.1, 0.15) is 38.2 Å². The number of likely N-dealkylation sites (N-methyl/N-ethyl adjacent to an activating group) is 1. The van der Waals surface area contributed by atoms with Gasteiger partial charge < -0.3 is 14.6 Å². The third kappa shape index (κ3) is 1.07. The van der Waals surface area contributed by atoms with Crippen molar-refractivity contribution in [3.8, 4) is 0 Å². The van der Waals surface area contributed by atoms with Crippen molar-refractivity contribution >= 4 is 17.6 Å². The lowest BCUT2D eigenvalue weighted by atomic mass is 9.89. The first-order valence-electron chi connectivity index (χ1n) is 5.21. The molecule has 0 fully saturated rings. The van der Waals surface area contributed by atoms with E-state index >= 15 is 0 Å². The fourth-order valence-corrected chi connectivity index (χ4v) is 2.29. The fourth-order valence-electron chi connectivity index (χ4n) is 2.29. The molecule has 1 aromatic rings. The summed E-state index contributed by atoms with van der Waals surface area (Å²) in [5.41, 5.74) is 0.970. The van der Waals surface area contributed by atoms with Gasteiger partial charge in [0.25, 0.3) is 5.91 Å². The van der Waals surface area contributed by atoms with E-state index in [0.717, 1.165) is 0 Å². The summed E-state index contributed by atoms with van der Waals surface area (Å²) >= 11 is 0. The molecule has 17 heavy (non-hydrogen) atoms. The van der Waals surface area contributed by atoms with Crippen molar-refractivity contribution in [2.75, 3.05) is 14.1 Å². The summed E-state index contributed by atoms with van der Waals surface area (Å²) in [5, 5.41) is 2.62. The van der Waals surface area contributed by atoms with E-state index in [-0.39, 0.29) is 29.1 Å². The van der Waals surface area contributed by atoms with Gasteiger partial charge in [-0.15, -0.1) is 0 Å². The molecule has 0 aliphatic carbocycles. The highest BCUT2D eigenvalue weighted by atomic mass is 16.4. The van der Waals surface area contributed by atoms with E-state index in [1.807, 2.05) is 0 Å². The number of nitrogens with one attached hydrogen (secondary N) is 1. The molecule has 6 nitrogen and oxygen atoms in total. The molecule has 1 N–H and O–H groups in total. The molecule has 2 amide bonds. The van der Waals surface area contributed by atoms with E-state index in [1.54, 1.807) is 14.1 Å². The molecule has 0 spiro atoms. The van der Waals surface area contributed by atoms with Crippen molar-refractivity contribution in [1.29, 1.82) is 0 Å². The van der Waals surface area contributed by atoms with Crippen LogP contribution in [0.3, 0.4) is 0 Å². The van der Waals surface area contributed by atoms with Gasteiger partial charge in [0.05, 0.1) is 5.56 Å². The van der Waals surface area contributed by atoms with Crippen LogP contribution in [0.5, 0.6) is 0 Å². The van der Waals surface area contributed by atoms with Crippen LogP contribution in [0, 0.1) is 0 Å². The van der Waals surface area contributed by atoms with Crippen LogP contribution in [-0.2, 0) is 11.3 Å². The molecular formula is C11H10N2O4. The van der Waals surface area contributed by atoms with Crippen molar-refractivity contribution in [2.45, 2.75) is 12.5 Å². The first kappa shape index (κ1) is 10.1. The van der Waals surface area contributed by atoms with Gasteiger partial charge in [0, 0.05) is 26.2 Å². The summed E-state index contributed by atoms with van der Waals surface area (Å²) in [7, 11) is 3.13. The Bertz CT molecular complexity index is 570. The molecule has 2 aliphatic heterocycles. The van der Waals surface area contributed by atoms with E-state index < -0.39 is 5.92 Å². The van der Waals surface area contributed by atoms with Crippen molar-refractivity contribution in [3.05, 3.63) is 22.6 Å². The Balaban J connectivity index is 2.13. The molecule has 1 aromatic heterocycles. The van der Waals surface area contributed by atoms with Crippen molar-refractivity contribution < 1.29 is 18.8 Å². The Morgan fingerprint density at radius 3 is 2.76 bits per heavy atom. The lowest BCUT2D eigenvalue weighted by Gasteiger charge is -2.15. The molecule has 2 bridgehead atoms. The number of furan rings is 1. The zero-order chi connectivity index (χ0) is 12.3. The molecule has 6 heteroatoms. The molecule has 88 valence electrons. The number of carbonyl (C=O) groups is 3. The molecule has 2 aliphatic rings. The first-order chi connectivity index (χ1) is 8.02. The highest BCUT2D eigenvalue weighted by molar-refractivity contribution is 6.20. The van der Waals surface area contributed by atoms with Crippen molar-refractivity contribution in [1.82, 2.24) is 10.2 Å². The van der Waals surface area contributed by atoms with Gasteiger partial charge in [0.1, 0.15) is 5.76 Å². The van der Waals surface area contributed by atoms with Gasteiger partial charge in [0.15, 0.2) is 11.7 Å². The quantitative estimate of drug-likeness (QED) is 0.687. The monoisotopic (exact) mass is 234 g/mol. The third-order valence-electron chi connectivity index (χ3n) is 3.12. The average Bonchev–Trinajstić information content (AvgIpc) is 2.89. The lowest BCUT2D eigenvalue weighted by Crippen LogP contribution is -2.32. The highest BCUT2D eigenvalue weighted by Gasteiger charge is 2.49. The first-order valence-corrected chi connectivity index (χ1v) is 5.21.